The number of hydrogen-bond donors (Lipinski definition) is 2. The SMILES string of the molecule is C=CC.C=CCCCC1CCN(C(=O)CCc2[nH]nc(/C=C\C)c2C(=C)NC2CCCCC2)C1. The van der Waals surface area contributed by atoms with E-state index in [2.05, 4.69) is 40.2 Å². The first-order valence-corrected chi connectivity index (χ1v) is 13.1. The first-order valence-electron chi connectivity index (χ1n) is 13.1. The molecule has 0 radical (unpaired) electrons. The maximum atomic E-state index is 12.8. The summed E-state index contributed by atoms with van der Waals surface area (Å²) in [7, 11) is 0. The number of likely N-dealkylation sites (tertiary alicyclic amines) is 1. The second kappa shape index (κ2) is 15.4. The van der Waals surface area contributed by atoms with Crippen molar-refractivity contribution in [3.05, 3.63) is 54.9 Å². The van der Waals surface area contributed by atoms with Crippen molar-refractivity contribution in [3.8, 4) is 0 Å². The molecule has 5 nitrogen and oxygen atoms in total. The van der Waals surface area contributed by atoms with E-state index in [4.69, 9.17) is 0 Å². The largest absolute Gasteiger partial charge is 0.382 e. The molecular weight excluding hydrogens is 420 g/mol. The van der Waals surface area contributed by atoms with Gasteiger partial charge in [-0.3, -0.25) is 9.89 Å². The lowest BCUT2D eigenvalue weighted by atomic mass is 9.94. The molecule has 0 bridgehead atoms. The van der Waals surface area contributed by atoms with Crippen LogP contribution in [0.3, 0.4) is 0 Å². The summed E-state index contributed by atoms with van der Waals surface area (Å²) in [4.78, 5) is 14.9. The van der Waals surface area contributed by atoms with E-state index in [1.54, 1.807) is 6.08 Å². The van der Waals surface area contributed by atoms with Crippen molar-refractivity contribution in [2.45, 2.75) is 90.5 Å². The Morgan fingerprint density at radius 2 is 1.94 bits per heavy atom. The minimum atomic E-state index is 0.255. The van der Waals surface area contributed by atoms with Crippen LogP contribution in [0, 0.1) is 5.92 Å². The summed E-state index contributed by atoms with van der Waals surface area (Å²) in [6, 6.07) is 0.492. The number of allylic oxidation sites excluding steroid dienone is 3. The summed E-state index contributed by atoms with van der Waals surface area (Å²) < 4.78 is 0. The van der Waals surface area contributed by atoms with Crippen molar-refractivity contribution in [2.24, 2.45) is 5.92 Å². The Kier molecular flexibility index (Phi) is 12.5. The van der Waals surface area contributed by atoms with E-state index in [1.807, 2.05) is 32.1 Å². The molecule has 0 spiro atoms. The summed E-state index contributed by atoms with van der Waals surface area (Å²) in [6.07, 6.45) is 19.8. The van der Waals surface area contributed by atoms with E-state index < -0.39 is 0 Å². The third kappa shape index (κ3) is 8.66. The topological polar surface area (TPSA) is 61.0 Å². The summed E-state index contributed by atoms with van der Waals surface area (Å²) in [5.41, 5.74) is 3.89. The predicted molar refractivity (Wildman–Crippen MR) is 145 cm³/mol. The average Bonchev–Trinajstić information content (AvgIpc) is 3.46. The molecule has 2 heterocycles. The molecule has 5 heteroatoms. The number of unbranched alkanes of at least 4 members (excludes halogenated alkanes) is 1. The lowest BCUT2D eigenvalue weighted by Gasteiger charge is -2.25. The summed E-state index contributed by atoms with van der Waals surface area (Å²) in [5.74, 6) is 0.901. The summed E-state index contributed by atoms with van der Waals surface area (Å²) >= 11 is 0. The number of carbonyl (C=O) groups is 1. The van der Waals surface area contributed by atoms with E-state index >= 15 is 0 Å². The molecule has 34 heavy (non-hydrogen) atoms. The first-order chi connectivity index (χ1) is 16.5. The minimum Gasteiger partial charge on any atom is -0.382 e. The Morgan fingerprint density at radius 3 is 2.62 bits per heavy atom. The van der Waals surface area contributed by atoms with E-state index in [0.29, 0.717) is 24.8 Å². The molecule has 1 unspecified atom stereocenters. The number of rotatable bonds is 11. The van der Waals surface area contributed by atoms with Crippen molar-refractivity contribution < 1.29 is 4.79 Å². The number of hydrogen-bond acceptors (Lipinski definition) is 3. The number of carbonyl (C=O) groups excluding carboxylic acids is 1. The number of H-pyrrole nitrogens is 1. The van der Waals surface area contributed by atoms with Gasteiger partial charge in [0.15, 0.2) is 0 Å². The Bertz CT molecular complexity index is 816. The van der Waals surface area contributed by atoms with Crippen molar-refractivity contribution in [2.75, 3.05) is 13.1 Å². The molecule has 2 aliphatic rings. The van der Waals surface area contributed by atoms with E-state index in [9.17, 15) is 4.79 Å². The third-order valence-electron chi connectivity index (χ3n) is 6.73. The normalized spacial score (nSPS) is 18.4. The Morgan fingerprint density at radius 1 is 1.21 bits per heavy atom. The van der Waals surface area contributed by atoms with Gasteiger partial charge in [-0.2, -0.15) is 5.10 Å². The van der Waals surface area contributed by atoms with Crippen LogP contribution in [0.5, 0.6) is 0 Å². The van der Waals surface area contributed by atoms with Crippen LogP contribution in [0.1, 0.15) is 95.0 Å². The fourth-order valence-electron chi connectivity index (χ4n) is 4.99. The Labute approximate surface area is 207 Å². The van der Waals surface area contributed by atoms with Crippen molar-refractivity contribution in [3.63, 3.8) is 0 Å². The van der Waals surface area contributed by atoms with Crippen molar-refractivity contribution in [1.82, 2.24) is 20.4 Å². The minimum absolute atomic E-state index is 0.255. The number of nitrogens with zero attached hydrogens (tertiary/aromatic N) is 2. The average molecular weight is 467 g/mol. The van der Waals surface area contributed by atoms with Gasteiger partial charge >= 0.3 is 0 Å². The van der Waals surface area contributed by atoms with Crippen LogP contribution in [0.15, 0.2) is 38.0 Å². The van der Waals surface area contributed by atoms with Gasteiger partial charge in [0.2, 0.25) is 5.91 Å². The number of nitrogens with one attached hydrogen (secondary N) is 2. The lowest BCUT2D eigenvalue weighted by Crippen LogP contribution is -2.30. The molecule has 1 aromatic rings. The third-order valence-corrected chi connectivity index (χ3v) is 6.73. The molecule has 2 N–H and O–H groups in total. The molecule has 1 aliphatic heterocycles. The summed E-state index contributed by atoms with van der Waals surface area (Å²) in [5, 5.41) is 11.3. The lowest BCUT2D eigenvalue weighted by molar-refractivity contribution is -0.130. The zero-order chi connectivity index (χ0) is 24.8. The van der Waals surface area contributed by atoms with Gasteiger partial charge in [0.05, 0.1) is 5.69 Å². The maximum absolute atomic E-state index is 12.8. The van der Waals surface area contributed by atoms with E-state index in [1.165, 1.54) is 44.9 Å². The number of aromatic amines is 1. The van der Waals surface area contributed by atoms with Crippen molar-refractivity contribution >= 4 is 17.7 Å². The fraction of sp³-hybridized carbons (Fsp3) is 0.586. The fourth-order valence-corrected chi connectivity index (χ4v) is 4.99. The molecule has 3 rings (SSSR count). The second-order valence-corrected chi connectivity index (χ2v) is 9.54. The molecule has 1 aliphatic carbocycles. The summed E-state index contributed by atoms with van der Waals surface area (Å²) in [6.45, 7) is 17.2. The molecule has 188 valence electrons. The second-order valence-electron chi connectivity index (χ2n) is 9.54. The quantitative estimate of drug-likeness (QED) is 0.283. The monoisotopic (exact) mass is 466 g/mol. The zero-order valence-electron chi connectivity index (χ0n) is 21.6. The highest BCUT2D eigenvalue weighted by atomic mass is 16.2. The number of aryl methyl sites for hydroxylation is 1. The van der Waals surface area contributed by atoms with Crippen LogP contribution in [-0.4, -0.2) is 40.1 Å². The van der Waals surface area contributed by atoms with Gasteiger partial charge in [0.25, 0.3) is 0 Å². The number of aromatic nitrogens is 2. The van der Waals surface area contributed by atoms with Gasteiger partial charge in [0.1, 0.15) is 0 Å². The van der Waals surface area contributed by atoms with E-state index in [0.717, 1.165) is 48.6 Å². The van der Waals surface area contributed by atoms with Crippen LogP contribution in [0.25, 0.3) is 11.8 Å². The maximum Gasteiger partial charge on any atom is 0.222 e. The molecule has 1 saturated heterocycles. The van der Waals surface area contributed by atoms with Crippen LogP contribution in [-0.2, 0) is 11.2 Å². The smallest absolute Gasteiger partial charge is 0.222 e. The first kappa shape index (κ1) is 27.7. The van der Waals surface area contributed by atoms with Gasteiger partial charge in [-0.25, -0.2) is 0 Å². The highest BCUT2D eigenvalue weighted by Gasteiger charge is 2.26. The van der Waals surface area contributed by atoms with Gasteiger partial charge in [-0.1, -0.05) is 44.1 Å². The Hall–Kier alpha value is -2.56. The molecule has 1 saturated carbocycles. The van der Waals surface area contributed by atoms with Gasteiger partial charge < -0.3 is 10.2 Å². The Balaban J connectivity index is 0.00000129. The van der Waals surface area contributed by atoms with Crippen molar-refractivity contribution in [1.29, 1.82) is 0 Å². The standard InChI is InChI=1S/C26H40N4O.C3H6/c1-4-6-8-12-21-17-18-30(19-21)25(31)16-15-24-26(23(11-5-2)28-29-24)20(3)27-22-13-9-7-10-14-22;1-3-2/h4-5,11,21-22,27H,1,3,6-10,12-19H2,2H3,(H,28,29);3H,1H2,2H3/b11-5-;. The van der Waals surface area contributed by atoms with Gasteiger partial charge in [-0.15, -0.1) is 13.2 Å². The molecule has 1 amide bonds. The predicted octanol–water partition coefficient (Wildman–Crippen LogP) is 6.67. The van der Waals surface area contributed by atoms with E-state index in [-0.39, 0.29) is 5.91 Å². The molecule has 1 atom stereocenters. The highest BCUT2D eigenvalue weighted by molar-refractivity contribution is 5.77. The molecule has 0 aromatic carbocycles. The van der Waals surface area contributed by atoms with Crippen LogP contribution >= 0.6 is 0 Å². The zero-order valence-corrected chi connectivity index (χ0v) is 21.6. The van der Waals surface area contributed by atoms with Gasteiger partial charge in [0, 0.05) is 42.5 Å². The number of amides is 1. The van der Waals surface area contributed by atoms with Gasteiger partial charge in [-0.05, 0) is 70.8 Å². The van der Waals surface area contributed by atoms with Crippen LogP contribution < -0.4 is 5.32 Å². The van der Waals surface area contributed by atoms with Crippen LogP contribution in [0.2, 0.25) is 0 Å². The highest BCUT2D eigenvalue weighted by Crippen LogP contribution is 2.26. The van der Waals surface area contributed by atoms with Crippen LogP contribution in [0.4, 0.5) is 0 Å². The molecular formula is C29H46N4O. The molecule has 2 fully saturated rings. The molecule has 1 aromatic heterocycles.